The minimum absolute atomic E-state index is 0.133. The fourth-order valence-electron chi connectivity index (χ4n) is 1.92. The van der Waals surface area contributed by atoms with Crippen LogP contribution < -0.4 is 5.32 Å². The van der Waals surface area contributed by atoms with Gasteiger partial charge in [0.05, 0.1) is 17.1 Å². The second kappa shape index (κ2) is 3.24. The van der Waals surface area contributed by atoms with Crippen molar-refractivity contribution in [1.29, 1.82) is 0 Å². The zero-order valence-electron chi connectivity index (χ0n) is 8.27. The first-order valence-electron chi connectivity index (χ1n) is 5.20. The fraction of sp³-hybridized carbons (Fsp3) is 0.364. The number of nitrogens with zero attached hydrogens (tertiary/aromatic N) is 1. The number of aromatic nitrogens is 2. The average molecular weight is 203 g/mol. The van der Waals surface area contributed by atoms with Crippen LogP contribution in [0.3, 0.4) is 0 Å². The molecule has 1 aliphatic carbocycles. The molecule has 0 bridgehead atoms. The van der Waals surface area contributed by atoms with E-state index in [0.29, 0.717) is 6.04 Å². The highest BCUT2D eigenvalue weighted by Gasteiger charge is 2.27. The second-order valence-electron chi connectivity index (χ2n) is 4.07. The lowest BCUT2D eigenvalue weighted by Crippen LogP contribution is -2.39. The van der Waals surface area contributed by atoms with Crippen LogP contribution in [0.15, 0.2) is 24.3 Å². The van der Waals surface area contributed by atoms with Crippen LogP contribution >= 0.6 is 0 Å². The van der Waals surface area contributed by atoms with Crippen LogP contribution in [0.4, 0.5) is 5.95 Å². The van der Waals surface area contributed by atoms with Gasteiger partial charge in [0.2, 0.25) is 5.95 Å². The average Bonchev–Trinajstić information content (AvgIpc) is 2.57. The molecular formula is C11H13N3O. The molecule has 0 unspecified atom stereocenters. The van der Waals surface area contributed by atoms with E-state index >= 15 is 0 Å². The molecule has 1 saturated carbocycles. The first-order valence-corrected chi connectivity index (χ1v) is 5.20. The molecule has 0 radical (unpaired) electrons. The molecule has 4 nitrogen and oxygen atoms in total. The molecular weight excluding hydrogens is 190 g/mol. The largest absolute Gasteiger partial charge is 0.393 e. The summed E-state index contributed by atoms with van der Waals surface area (Å²) in [6, 6.07) is 8.30. The quantitative estimate of drug-likeness (QED) is 0.693. The molecule has 0 spiro atoms. The second-order valence-corrected chi connectivity index (χ2v) is 4.07. The van der Waals surface area contributed by atoms with Crippen LogP contribution in [0.2, 0.25) is 0 Å². The van der Waals surface area contributed by atoms with E-state index in [9.17, 15) is 0 Å². The number of anilines is 1. The van der Waals surface area contributed by atoms with Crippen molar-refractivity contribution < 1.29 is 5.11 Å². The molecule has 3 N–H and O–H groups in total. The van der Waals surface area contributed by atoms with E-state index in [2.05, 4.69) is 15.3 Å². The molecule has 0 aliphatic heterocycles. The molecule has 3 rings (SSSR count). The topological polar surface area (TPSA) is 60.9 Å². The minimum atomic E-state index is -0.133. The van der Waals surface area contributed by atoms with Gasteiger partial charge < -0.3 is 15.4 Å². The Balaban J connectivity index is 1.80. The summed E-state index contributed by atoms with van der Waals surface area (Å²) in [5, 5.41) is 12.4. The highest BCUT2D eigenvalue weighted by atomic mass is 16.3. The number of hydrogen-bond acceptors (Lipinski definition) is 3. The SMILES string of the molecule is OC1CC(Nc2nc3ccccc3[nH]2)C1. The van der Waals surface area contributed by atoms with Gasteiger partial charge in [0.1, 0.15) is 0 Å². The van der Waals surface area contributed by atoms with Crippen LogP contribution in [0.5, 0.6) is 0 Å². The number of nitrogens with one attached hydrogen (secondary N) is 2. The minimum Gasteiger partial charge on any atom is -0.393 e. The van der Waals surface area contributed by atoms with E-state index in [1.807, 2.05) is 24.3 Å². The number of fused-ring (bicyclic) bond motifs is 1. The van der Waals surface area contributed by atoms with Gasteiger partial charge in [-0.05, 0) is 25.0 Å². The molecule has 0 saturated heterocycles. The number of benzene rings is 1. The van der Waals surface area contributed by atoms with E-state index < -0.39 is 0 Å². The molecule has 1 aromatic carbocycles. The summed E-state index contributed by atoms with van der Waals surface area (Å²) in [7, 11) is 0. The molecule has 1 heterocycles. The Bertz CT molecular complexity index is 440. The molecule has 1 aromatic heterocycles. The summed E-state index contributed by atoms with van der Waals surface area (Å²) in [5.74, 6) is 0.799. The summed E-state index contributed by atoms with van der Waals surface area (Å²) in [6.45, 7) is 0. The van der Waals surface area contributed by atoms with Crippen molar-refractivity contribution in [3.8, 4) is 0 Å². The third-order valence-corrected chi connectivity index (χ3v) is 2.84. The third kappa shape index (κ3) is 1.57. The molecule has 1 aliphatic rings. The van der Waals surface area contributed by atoms with Crippen LogP contribution in [-0.2, 0) is 0 Å². The molecule has 2 aromatic rings. The Morgan fingerprint density at radius 2 is 2.13 bits per heavy atom. The number of aromatic amines is 1. The van der Waals surface area contributed by atoms with Crippen molar-refractivity contribution in [2.75, 3.05) is 5.32 Å². The lowest BCUT2D eigenvalue weighted by Gasteiger charge is -2.31. The van der Waals surface area contributed by atoms with Crippen molar-refractivity contribution in [3.63, 3.8) is 0 Å². The number of aliphatic hydroxyl groups excluding tert-OH is 1. The maximum atomic E-state index is 9.17. The number of H-pyrrole nitrogens is 1. The van der Waals surface area contributed by atoms with Crippen molar-refractivity contribution in [1.82, 2.24) is 9.97 Å². The van der Waals surface area contributed by atoms with Crippen molar-refractivity contribution >= 4 is 17.0 Å². The maximum Gasteiger partial charge on any atom is 0.201 e. The van der Waals surface area contributed by atoms with Crippen LogP contribution in [0.25, 0.3) is 11.0 Å². The zero-order valence-corrected chi connectivity index (χ0v) is 8.27. The van der Waals surface area contributed by atoms with E-state index in [4.69, 9.17) is 5.11 Å². The smallest absolute Gasteiger partial charge is 0.201 e. The van der Waals surface area contributed by atoms with Crippen molar-refractivity contribution in [3.05, 3.63) is 24.3 Å². The van der Waals surface area contributed by atoms with Crippen molar-refractivity contribution in [2.45, 2.75) is 25.0 Å². The van der Waals surface area contributed by atoms with Gasteiger partial charge in [-0.3, -0.25) is 0 Å². The summed E-state index contributed by atoms with van der Waals surface area (Å²) in [4.78, 5) is 7.62. The summed E-state index contributed by atoms with van der Waals surface area (Å²) < 4.78 is 0. The standard InChI is InChI=1S/C11H13N3O/c15-8-5-7(6-8)12-11-13-9-3-1-2-4-10(9)14-11/h1-4,7-8,15H,5-6H2,(H2,12,13,14). The van der Waals surface area contributed by atoms with Gasteiger partial charge in [-0.2, -0.15) is 0 Å². The number of hydrogen-bond donors (Lipinski definition) is 3. The van der Waals surface area contributed by atoms with Gasteiger partial charge >= 0.3 is 0 Å². The molecule has 4 heteroatoms. The summed E-state index contributed by atoms with van der Waals surface area (Å²) in [5.41, 5.74) is 2.01. The Morgan fingerprint density at radius 1 is 1.33 bits per heavy atom. The highest BCUT2D eigenvalue weighted by molar-refractivity contribution is 5.77. The lowest BCUT2D eigenvalue weighted by molar-refractivity contribution is 0.0834. The molecule has 0 amide bonds. The zero-order chi connectivity index (χ0) is 10.3. The fourth-order valence-corrected chi connectivity index (χ4v) is 1.92. The lowest BCUT2D eigenvalue weighted by atomic mass is 9.90. The maximum absolute atomic E-state index is 9.17. The van der Waals surface area contributed by atoms with Crippen LogP contribution in [-0.4, -0.2) is 27.2 Å². The molecule has 1 fully saturated rings. The van der Waals surface area contributed by atoms with Crippen LogP contribution in [0.1, 0.15) is 12.8 Å². The van der Waals surface area contributed by atoms with Crippen LogP contribution in [0, 0.1) is 0 Å². The Kier molecular flexibility index (Phi) is 1.89. The van der Waals surface area contributed by atoms with E-state index in [1.54, 1.807) is 0 Å². The van der Waals surface area contributed by atoms with Gasteiger partial charge in [0.15, 0.2) is 0 Å². The highest BCUT2D eigenvalue weighted by Crippen LogP contribution is 2.23. The molecule has 0 atom stereocenters. The first kappa shape index (κ1) is 8.73. The predicted molar refractivity (Wildman–Crippen MR) is 58.7 cm³/mol. The van der Waals surface area contributed by atoms with Gasteiger partial charge in [-0.25, -0.2) is 4.98 Å². The van der Waals surface area contributed by atoms with Crippen molar-refractivity contribution in [2.24, 2.45) is 0 Å². The van der Waals surface area contributed by atoms with Gasteiger partial charge in [0.25, 0.3) is 0 Å². The van der Waals surface area contributed by atoms with E-state index in [-0.39, 0.29) is 6.10 Å². The molecule has 15 heavy (non-hydrogen) atoms. The first-order chi connectivity index (χ1) is 7.31. The number of aliphatic hydroxyl groups is 1. The van der Waals surface area contributed by atoms with Gasteiger partial charge in [-0.15, -0.1) is 0 Å². The summed E-state index contributed by atoms with van der Waals surface area (Å²) in [6.07, 6.45) is 1.50. The number of para-hydroxylation sites is 2. The monoisotopic (exact) mass is 203 g/mol. The number of rotatable bonds is 2. The Hall–Kier alpha value is -1.55. The van der Waals surface area contributed by atoms with Gasteiger partial charge in [0, 0.05) is 6.04 Å². The van der Waals surface area contributed by atoms with E-state index in [0.717, 1.165) is 29.8 Å². The summed E-state index contributed by atoms with van der Waals surface area (Å²) >= 11 is 0. The molecule has 78 valence electrons. The number of imidazole rings is 1. The third-order valence-electron chi connectivity index (χ3n) is 2.84. The predicted octanol–water partition coefficient (Wildman–Crippen LogP) is 1.50. The normalized spacial score (nSPS) is 25.1. The van der Waals surface area contributed by atoms with Gasteiger partial charge in [-0.1, -0.05) is 12.1 Å². The Morgan fingerprint density at radius 3 is 2.87 bits per heavy atom. The van der Waals surface area contributed by atoms with E-state index in [1.165, 1.54) is 0 Å². The Labute approximate surface area is 87.3 Å².